The first-order valence-electron chi connectivity index (χ1n) is 6.14. The van der Waals surface area contributed by atoms with Gasteiger partial charge in [-0.2, -0.15) is 11.8 Å². The van der Waals surface area contributed by atoms with Crippen molar-refractivity contribution >= 4 is 29.1 Å². The lowest BCUT2D eigenvalue weighted by Crippen LogP contribution is -1.90. The highest BCUT2D eigenvalue weighted by atomic mass is 35.5. The molecular weight excluding hydrogens is 294 g/mol. The maximum atomic E-state index is 10.8. The van der Waals surface area contributed by atoms with Crippen LogP contribution < -0.4 is 0 Å². The van der Waals surface area contributed by atoms with Gasteiger partial charge in [-0.25, -0.2) is 0 Å². The molecule has 0 fully saturated rings. The second kappa shape index (κ2) is 6.77. The molecule has 0 spiro atoms. The number of non-ortho nitro benzene ring substituents is 1. The van der Waals surface area contributed by atoms with Crippen molar-refractivity contribution in [2.24, 2.45) is 0 Å². The molecule has 0 radical (unpaired) electrons. The molecule has 0 aliphatic heterocycles. The molecule has 2 aromatic carbocycles. The van der Waals surface area contributed by atoms with E-state index in [9.17, 15) is 10.1 Å². The fraction of sp³-hybridized carbons (Fsp3) is 0.200. The summed E-state index contributed by atoms with van der Waals surface area (Å²) in [7, 11) is 0. The Bertz CT molecular complexity index is 614. The number of thioether (sulfide) groups is 1. The number of aryl methyl sites for hydroxylation is 1. The first kappa shape index (κ1) is 14.9. The van der Waals surface area contributed by atoms with Crippen LogP contribution >= 0.6 is 23.4 Å². The predicted octanol–water partition coefficient (Wildman–Crippen LogP) is 4.82. The Labute approximate surface area is 127 Å². The van der Waals surface area contributed by atoms with E-state index in [1.807, 2.05) is 36.0 Å². The summed E-state index contributed by atoms with van der Waals surface area (Å²) in [5, 5.41) is 11.3. The summed E-state index contributed by atoms with van der Waals surface area (Å²) < 4.78 is 0. The quantitative estimate of drug-likeness (QED) is 0.587. The van der Waals surface area contributed by atoms with Crippen LogP contribution in [-0.2, 0) is 6.42 Å². The zero-order valence-corrected chi connectivity index (χ0v) is 12.6. The van der Waals surface area contributed by atoms with Crippen molar-refractivity contribution in [3.05, 3.63) is 63.2 Å². The lowest BCUT2D eigenvalue weighted by molar-refractivity contribution is -0.384. The van der Waals surface area contributed by atoms with E-state index in [-0.39, 0.29) is 5.69 Å². The van der Waals surface area contributed by atoms with Gasteiger partial charge in [0.2, 0.25) is 0 Å². The van der Waals surface area contributed by atoms with E-state index in [0.29, 0.717) is 10.6 Å². The molecule has 0 aliphatic rings. The fourth-order valence-corrected chi connectivity index (χ4v) is 2.59. The highest BCUT2D eigenvalue weighted by molar-refractivity contribution is 7.98. The van der Waals surface area contributed by atoms with Gasteiger partial charge in [0.05, 0.1) is 4.92 Å². The van der Waals surface area contributed by atoms with Crippen LogP contribution in [0.15, 0.2) is 42.5 Å². The highest BCUT2D eigenvalue weighted by Gasteiger charge is 2.11. The van der Waals surface area contributed by atoms with Crippen molar-refractivity contribution in [2.75, 3.05) is 12.0 Å². The van der Waals surface area contributed by atoms with E-state index in [2.05, 4.69) is 6.26 Å². The third kappa shape index (κ3) is 3.52. The Hall–Kier alpha value is -1.52. The van der Waals surface area contributed by atoms with Crippen molar-refractivity contribution < 1.29 is 4.92 Å². The smallest absolute Gasteiger partial charge is 0.258 e. The summed E-state index contributed by atoms with van der Waals surface area (Å²) >= 11 is 7.94. The van der Waals surface area contributed by atoms with Crippen molar-refractivity contribution in [1.82, 2.24) is 0 Å². The fourth-order valence-electron chi connectivity index (χ4n) is 1.92. The van der Waals surface area contributed by atoms with Crippen LogP contribution in [-0.4, -0.2) is 16.9 Å². The van der Waals surface area contributed by atoms with Gasteiger partial charge in [0, 0.05) is 22.7 Å². The Morgan fingerprint density at radius 3 is 2.50 bits per heavy atom. The number of halogens is 1. The van der Waals surface area contributed by atoms with E-state index in [4.69, 9.17) is 11.6 Å². The monoisotopic (exact) mass is 307 g/mol. The van der Waals surface area contributed by atoms with E-state index in [1.165, 1.54) is 17.7 Å². The average Bonchev–Trinajstić information content (AvgIpc) is 2.46. The van der Waals surface area contributed by atoms with Gasteiger partial charge in [-0.15, -0.1) is 0 Å². The normalized spacial score (nSPS) is 10.5. The molecule has 0 bridgehead atoms. The lowest BCUT2D eigenvalue weighted by Gasteiger charge is -2.06. The SMILES string of the molecule is CSCCc1ccc(-c2cc([N+](=O)[O-])ccc2Cl)cc1. The average molecular weight is 308 g/mol. The molecule has 0 atom stereocenters. The van der Waals surface area contributed by atoms with Crippen LogP contribution in [0.25, 0.3) is 11.1 Å². The second-order valence-electron chi connectivity index (χ2n) is 4.36. The van der Waals surface area contributed by atoms with Gasteiger partial charge in [-0.05, 0) is 35.6 Å². The lowest BCUT2D eigenvalue weighted by atomic mass is 10.0. The summed E-state index contributed by atoms with van der Waals surface area (Å²) in [4.78, 5) is 10.4. The zero-order chi connectivity index (χ0) is 14.5. The van der Waals surface area contributed by atoms with Gasteiger partial charge in [-0.1, -0.05) is 35.9 Å². The highest BCUT2D eigenvalue weighted by Crippen LogP contribution is 2.31. The van der Waals surface area contributed by atoms with Crippen molar-refractivity contribution in [2.45, 2.75) is 6.42 Å². The second-order valence-corrected chi connectivity index (χ2v) is 5.75. The molecule has 20 heavy (non-hydrogen) atoms. The summed E-state index contributed by atoms with van der Waals surface area (Å²) in [6.45, 7) is 0. The Morgan fingerprint density at radius 2 is 1.90 bits per heavy atom. The summed E-state index contributed by atoms with van der Waals surface area (Å²) in [5.41, 5.74) is 2.89. The van der Waals surface area contributed by atoms with Crippen LogP contribution in [0.1, 0.15) is 5.56 Å². The molecule has 0 N–H and O–H groups in total. The number of nitrogens with zero attached hydrogens (tertiary/aromatic N) is 1. The van der Waals surface area contributed by atoms with Gasteiger partial charge < -0.3 is 0 Å². The van der Waals surface area contributed by atoms with Gasteiger partial charge in [-0.3, -0.25) is 10.1 Å². The Balaban J connectivity index is 2.31. The predicted molar refractivity (Wildman–Crippen MR) is 85.6 cm³/mol. The van der Waals surface area contributed by atoms with Gasteiger partial charge in [0.1, 0.15) is 0 Å². The molecule has 0 saturated carbocycles. The number of nitro groups is 1. The van der Waals surface area contributed by atoms with Crippen LogP contribution in [0.2, 0.25) is 5.02 Å². The van der Waals surface area contributed by atoms with Crippen LogP contribution in [0.5, 0.6) is 0 Å². The molecule has 3 nitrogen and oxygen atoms in total. The molecule has 0 unspecified atom stereocenters. The third-order valence-corrected chi connectivity index (χ3v) is 3.96. The van der Waals surface area contributed by atoms with Crippen molar-refractivity contribution in [3.63, 3.8) is 0 Å². The molecule has 5 heteroatoms. The van der Waals surface area contributed by atoms with Gasteiger partial charge >= 0.3 is 0 Å². The van der Waals surface area contributed by atoms with E-state index < -0.39 is 4.92 Å². The summed E-state index contributed by atoms with van der Waals surface area (Å²) in [6, 6.07) is 12.5. The first-order valence-corrected chi connectivity index (χ1v) is 7.91. The zero-order valence-electron chi connectivity index (χ0n) is 11.0. The summed E-state index contributed by atoms with van der Waals surface area (Å²) in [6.07, 6.45) is 3.10. The minimum absolute atomic E-state index is 0.0517. The maximum Gasteiger partial charge on any atom is 0.270 e. The molecule has 2 aromatic rings. The molecule has 0 heterocycles. The minimum Gasteiger partial charge on any atom is -0.258 e. The van der Waals surface area contributed by atoms with Crippen LogP contribution in [0.3, 0.4) is 0 Å². The number of hydrogen-bond donors (Lipinski definition) is 0. The molecule has 0 aliphatic carbocycles. The minimum atomic E-state index is -0.410. The topological polar surface area (TPSA) is 43.1 Å². The van der Waals surface area contributed by atoms with E-state index in [1.54, 1.807) is 6.07 Å². The molecule has 0 saturated heterocycles. The molecule has 0 amide bonds. The number of rotatable bonds is 5. The molecule has 104 valence electrons. The van der Waals surface area contributed by atoms with E-state index >= 15 is 0 Å². The Kier molecular flexibility index (Phi) is 5.04. The number of nitro benzene ring substituents is 1. The Morgan fingerprint density at radius 1 is 1.20 bits per heavy atom. The van der Waals surface area contributed by atoms with Crippen LogP contribution in [0.4, 0.5) is 5.69 Å². The standard InChI is InChI=1S/C15H14ClNO2S/c1-20-9-8-11-2-4-12(5-3-11)14-10-13(17(18)19)6-7-15(14)16/h2-7,10H,8-9H2,1H3. The van der Waals surface area contributed by atoms with Crippen molar-refractivity contribution in [1.29, 1.82) is 0 Å². The van der Waals surface area contributed by atoms with E-state index in [0.717, 1.165) is 17.7 Å². The maximum absolute atomic E-state index is 10.8. The number of hydrogen-bond acceptors (Lipinski definition) is 3. The molecule has 0 aromatic heterocycles. The third-order valence-electron chi connectivity index (χ3n) is 3.02. The van der Waals surface area contributed by atoms with Crippen molar-refractivity contribution in [3.8, 4) is 11.1 Å². The molecular formula is C15H14ClNO2S. The summed E-state index contributed by atoms with van der Waals surface area (Å²) in [5.74, 6) is 1.08. The first-order chi connectivity index (χ1) is 9.61. The number of benzene rings is 2. The van der Waals surface area contributed by atoms with Crippen LogP contribution in [0, 0.1) is 10.1 Å². The largest absolute Gasteiger partial charge is 0.270 e. The van der Waals surface area contributed by atoms with Gasteiger partial charge in [0.25, 0.3) is 5.69 Å². The molecule has 2 rings (SSSR count). The van der Waals surface area contributed by atoms with Gasteiger partial charge in [0.15, 0.2) is 0 Å².